The zero-order chi connectivity index (χ0) is 12.8. The van der Waals surface area contributed by atoms with Crippen molar-refractivity contribution in [2.45, 2.75) is 66.3 Å². The first-order valence-corrected chi connectivity index (χ1v) is 6.87. The molecule has 0 saturated heterocycles. The van der Waals surface area contributed by atoms with Crippen LogP contribution < -0.4 is 0 Å². The van der Waals surface area contributed by atoms with Gasteiger partial charge in [0.25, 0.3) is 0 Å². The van der Waals surface area contributed by atoms with Crippen LogP contribution in [0.3, 0.4) is 0 Å². The monoisotopic (exact) mass is 238 g/mol. The van der Waals surface area contributed by atoms with Gasteiger partial charge in [0, 0.05) is 12.1 Å². The maximum absolute atomic E-state index is 10.2. The van der Waals surface area contributed by atoms with E-state index in [1.54, 1.807) is 4.68 Å². The third-order valence-corrected chi connectivity index (χ3v) is 2.93. The van der Waals surface area contributed by atoms with E-state index in [4.69, 9.17) is 0 Å². The maximum Gasteiger partial charge on any atom is 0.212 e. The van der Waals surface area contributed by atoms with Crippen LogP contribution in [0.25, 0.3) is 0 Å². The number of unbranched alkanes of at least 4 members (excludes halogenated alkanes) is 1. The summed E-state index contributed by atoms with van der Waals surface area (Å²) in [4.78, 5) is 0. The number of hydrogen-bond donors (Lipinski definition) is 1. The van der Waals surface area contributed by atoms with Crippen molar-refractivity contribution < 1.29 is 5.11 Å². The maximum atomic E-state index is 10.2. The standard InChI is InChI=1S/C14H26N2O/c1-5-7-9-16-14(17)12(10-11(3)4)13(15-16)8-6-2/h11,17H,5-10H2,1-4H3. The third kappa shape index (κ3) is 3.76. The van der Waals surface area contributed by atoms with Gasteiger partial charge in [-0.1, -0.05) is 40.5 Å². The molecule has 1 heterocycles. The fourth-order valence-corrected chi connectivity index (χ4v) is 2.06. The van der Waals surface area contributed by atoms with Crippen molar-refractivity contribution in [2.24, 2.45) is 5.92 Å². The Bertz CT molecular complexity index is 342. The van der Waals surface area contributed by atoms with Crippen molar-refractivity contribution in [3.8, 4) is 5.88 Å². The van der Waals surface area contributed by atoms with Crippen LogP contribution in [-0.4, -0.2) is 14.9 Å². The molecule has 0 amide bonds. The van der Waals surface area contributed by atoms with Crippen LogP contribution >= 0.6 is 0 Å². The summed E-state index contributed by atoms with van der Waals surface area (Å²) in [5, 5.41) is 14.8. The molecule has 98 valence electrons. The van der Waals surface area contributed by atoms with Gasteiger partial charge < -0.3 is 5.11 Å². The van der Waals surface area contributed by atoms with Crippen LogP contribution in [0.2, 0.25) is 0 Å². The Kier molecular flexibility index (Phi) is 5.52. The second-order valence-corrected chi connectivity index (χ2v) is 5.17. The summed E-state index contributed by atoms with van der Waals surface area (Å²) < 4.78 is 1.78. The molecule has 0 spiro atoms. The van der Waals surface area contributed by atoms with E-state index in [0.29, 0.717) is 11.8 Å². The lowest BCUT2D eigenvalue weighted by molar-refractivity contribution is 0.387. The SMILES string of the molecule is CCCCn1nc(CCC)c(CC(C)C)c1O. The summed E-state index contributed by atoms with van der Waals surface area (Å²) in [6.07, 6.45) is 5.17. The largest absolute Gasteiger partial charge is 0.493 e. The Morgan fingerprint density at radius 3 is 2.47 bits per heavy atom. The molecule has 0 fully saturated rings. The van der Waals surface area contributed by atoms with Crippen LogP contribution in [0, 0.1) is 5.92 Å². The van der Waals surface area contributed by atoms with Crippen LogP contribution in [0.15, 0.2) is 0 Å². The van der Waals surface area contributed by atoms with E-state index in [9.17, 15) is 5.11 Å². The first-order chi connectivity index (χ1) is 8.10. The molecule has 0 saturated carbocycles. The molecule has 1 aromatic heterocycles. The average Bonchev–Trinajstić information content (AvgIpc) is 2.55. The summed E-state index contributed by atoms with van der Waals surface area (Å²) >= 11 is 0. The van der Waals surface area contributed by atoms with Crippen LogP contribution in [0.5, 0.6) is 5.88 Å². The molecule has 3 heteroatoms. The number of rotatable bonds is 7. The molecule has 0 aliphatic heterocycles. The predicted octanol–water partition coefficient (Wildman–Crippen LogP) is 3.54. The van der Waals surface area contributed by atoms with Gasteiger partial charge in [-0.25, -0.2) is 4.68 Å². The molecule has 1 rings (SSSR count). The van der Waals surface area contributed by atoms with E-state index >= 15 is 0 Å². The van der Waals surface area contributed by atoms with Crippen molar-refractivity contribution in [1.82, 2.24) is 9.78 Å². The molecule has 0 unspecified atom stereocenters. The van der Waals surface area contributed by atoms with E-state index in [1.165, 1.54) is 0 Å². The summed E-state index contributed by atoms with van der Waals surface area (Å²) in [7, 11) is 0. The van der Waals surface area contributed by atoms with Crippen LogP contribution in [-0.2, 0) is 19.4 Å². The Morgan fingerprint density at radius 2 is 1.94 bits per heavy atom. The highest BCUT2D eigenvalue weighted by Gasteiger charge is 2.17. The molecular formula is C14H26N2O. The van der Waals surface area contributed by atoms with E-state index < -0.39 is 0 Å². The lowest BCUT2D eigenvalue weighted by Crippen LogP contribution is -2.00. The summed E-state index contributed by atoms with van der Waals surface area (Å²) in [6, 6.07) is 0. The Balaban J connectivity index is 2.93. The molecule has 0 radical (unpaired) electrons. The normalized spacial score (nSPS) is 11.4. The number of hydrogen-bond acceptors (Lipinski definition) is 2. The van der Waals surface area contributed by atoms with E-state index in [-0.39, 0.29) is 0 Å². The van der Waals surface area contributed by atoms with Gasteiger partial charge in [0.15, 0.2) is 0 Å². The third-order valence-electron chi connectivity index (χ3n) is 2.93. The Labute approximate surface area is 105 Å². The van der Waals surface area contributed by atoms with Crippen molar-refractivity contribution in [1.29, 1.82) is 0 Å². The fraction of sp³-hybridized carbons (Fsp3) is 0.786. The molecular weight excluding hydrogens is 212 g/mol. The minimum absolute atomic E-state index is 0.399. The van der Waals surface area contributed by atoms with E-state index in [0.717, 1.165) is 49.9 Å². The highest BCUT2D eigenvalue weighted by molar-refractivity contribution is 5.31. The zero-order valence-electron chi connectivity index (χ0n) is 11.7. The Hall–Kier alpha value is -0.990. The van der Waals surface area contributed by atoms with Crippen molar-refractivity contribution in [3.05, 3.63) is 11.3 Å². The lowest BCUT2D eigenvalue weighted by atomic mass is 10.0. The quantitative estimate of drug-likeness (QED) is 0.789. The lowest BCUT2D eigenvalue weighted by Gasteiger charge is -2.05. The minimum Gasteiger partial charge on any atom is -0.493 e. The molecule has 0 bridgehead atoms. The second-order valence-electron chi connectivity index (χ2n) is 5.17. The molecule has 3 nitrogen and oxygen atoms in total. The first kappa shape index (κ1) is 14.1. The average molecular weight is 238 g/mol. The minimum atomic E-state index is 0.399. The topological polar surface area (TPSA) is 38.0 Å². The van der Waals surface area contributed by atoms with Crippen molar-refractivity contribution in [2.75, 3.05) is 0 Å². The molecule has 0 aliphatic carbocycles. The van der Waals surface area contributed by atoms with Gasteiger partial charge in [-0.2, -0.15) is 5.10 Å². The first-order valence-electron chi connectivity index (χ1n) is 6.87. The van der Waals surface area contributed by atoms with Gasteiger partial charge in [0.2, 0.25) is 5.88 Å². The smallest absolute Gasteiger partial charge is 0.212 e. The summed E-state index contributed by atoms with van der Waals surface area (Å²) in [5.41, 5.74) is 2.16. The summed E-state index contributed by atoms with van der Waals surface area (Å²) in [5.74, 6) is 0.955. The highest BCUT2D eigenvalue weighted by Crippen LogP contribution is 2.25. The number of nitrogens with zero attached hydrogens (tertiary/aromatic N) is 2. The van der Waals surface area contributed by atoms with Gasteiger partial charge >= 0.3 is 0 Å². The van der Waals surface area contributed by atoms with Crippen molar-refractivity contribution in [3.63, 3.8) is 0 Å². The number of aromatic hydroxyl groups is 1. The fourth-order valence-electron chi connectivity index (χ4n) is 2.06. The van der Waals surface area contributed by atoms with Crippen LogP contribution in [0.1, 0.15) is 58.2 Å². The second kappa shape index (κ2) is 6.67. The molecule has 0 atom stereocenters. The van der Waals surface area contributed by atoms with Gasteiger partial charge in [0.1, 0.15) is 0 Å². The summed E-state index contributed by atoms with van der Waals surface area (Å²) in [6.45, 7) is 9.50. The Morgan fingerprint density at radius 1 is 1.24 bits per heavy atom. The zero-order valence-corrected chi connectivity index (χ0v) is 11.7. The van der Waals surface area contributed by atoms with Gasteiger partial charge in [0.05, 0.1) is 5.69 Å². The van der Waals surface area contributed by atoms with Gasteiger partial charge in [-0.05, 0) is 25.2 Å². The number of aromatic nitrogens is 2. The molecule has 1 aromatic rings. The predicted molar refractivity (Wildman–Crippen MR) is 71.3 cm³/mol. The van der Waals surface area contributed by atoms with Gasteiger partial charge in [-0.15, -0.1) is 0 Å². The van der Waals surface area contributed by atoms with Crippen LogP contribution in [0.4, 0.5) is 0 Å². The molecule has 17 heavy (non-hydrogen) atoms. The molecule has 0 aromatic carbocycles. The van der Waals surface area contributed by atoms with Crippen molar-refractivity contribution >= 4 is 0 Å². The highest BCUT2D eigenvalue weighted by atomic mass is 16.3. The molecule has 1 N–H and O–H groups in total. The molecule has 0 aliphatic rings. The van der Waals surface area contributed by atoms with Gasteiger partial charge in [-0.3, -0.25) is 0 Å². The van der Waals surface area contributed by atoms with E-state index in [2.05, 4.69) is 32.8 Å². The van der Waals surface area contributed by atoms with E-state index in [1.807, 2.05) is 0 Å². The number of aryl methyl sites for hydroxylation is 2.